The first-order valence-corrected chi connectivity index (χ1v) is 9.31. The summed E-state index contributed by atoms with van der Waals surface area (Å²) in [5.74, 6) is 0.811. The van der Waals surface area contributed by atoms with Gasteiger partial charge in [0.1, 0.15) is 0 Å². The standard InChI is InChI=1S/C19H20ClNO3S/c1-4-24-17-12-13(11-16(20)19(17)23-2)5-10-18(22)21-14-6-8-15(25-3)9-7-14/h5-12H,4H2,1-3H3,(H,21,22)/b10-5+. The third-order valence-electron chi connectivity index (χ3n) is 3.32. The first-order chi connectivity index (χ1) is 12.1. The number of hydrogen-bond donors (Lipinski definition) is 1. The molecule has 0 saturated carbocycles. The van der Waals surface area contributed by atoms with Crippen LogP contribution in [0.25, 0.3) is 6.08 Å². The van der Waals surface area contributed by atoms with Crippen LogP contribution in [-0.4, -0.2) is 25.9 Å². The molecular weight excluding hydrogens is 358 g/mol. The Morgan fingerprint density at radius 1 is 1.28 bits per heavy atom. The van der Waals surface area contributed by atoms with Crippen molar-refractivity contribution in [2.75, 3.05) is 25.3 Å². The molecule has 25 heavy (non-hydrogen) atoms. The zero-order chi connectivity index (χ0) is 18.2. The van der Waals surface area contributed by atoms with E-state index in [2.05, 4.69) is 5.32 Å². The number of methoxy groups -OCH3 is 1. The number of anilines is 1. The molecule has 2 rings (SSSR count). The van der Waals surface area contributed by atoms with Gasteiger partial charge in [0.05, 0.1) is 18.7 Å². The molecule has 0 aliphatic carbocycles. The van der Waals surface area contributed by atoms with Gasteiger partial charge in [-0.2, -0.15) is 0 Å². The third kappa shape index (κ3) is 5.44. The maximum absolute atomic E-state index is 12.1. The molecule has 1 amide bonds. The quantitative estimate of drug-likeness (QED) is 0.537. The van der Waals surface area contributed by atoms with Gasteiger partial charge < -0.3 is 14.8 Å². The first kappa shape index (κ1) is 19.2. The Kier molecular flexibility index (Phi) is 7.22. The van der Waals surface area contributed by atoms with Crippen LogP contribution in [0.3, 0.4) is 0 Å². The van der Waals surface area contributed by atoms with E-state index < -0.39 is 0 Å². The number of halogens is 1. The van der Waals surface area contributed by atoms with Crippen LogP contribution in [0, 0.1) is 0 Å². The summed E-state index contributed by atoms with van der Waals surface area (Å²) in [4.78, 5) is 13.2. The summed E-state index contributed by atoms with van der Waals surface area (Å²) in [6.45, 7) is 2.37. The van der Waals surface area contributed by atoms with Gasteiger partial charge >= 0.3 is 0 Å². The predicted molar refractivity (Wildman–Crippen MR) is 105 cm³/mol. The molecule has 0 atom stereocenters. The fourth-order valence-electron chi connectivity index (χ4n) is 2.18. The zero-order valence-corrected chi connectivity index (χ0v) is 15.9. The SMILES string of the molecule is CCOc1cc(/C=C/C(=O)Nc2ccc(SC)cc2)cc(Cl)c1OC. The fourth-order valence-corrected chi connectivity index (χ4v) is 2.88. The van der Waals surface area contributed by atoms with E-state index in [-0.39, 0.29) is 5.91 Å². The number of ether oxygens (including phenoxy) is 2. The molecule has 2 aromatic rings. The highest BCUT2D eigenvalue weighted by Crippen LogP contribution is 2.36. The van der Waals surface area contributed by atoms with E-state index in [9.17, 15) is 4.79 Å². The fraction of sp³-hybridized carbons (Fsp3) is 0.211. The second-order valence-corrected chi connectivity index (χ2v) is 6.31. The minimum atomic E-state index is -0.221. The average Bonchev–Trinajstić information content (AvgIpc) is 2.61. The molecule has 0 unspecified atom stereocenters. The number of hydrogen-bond acceptors (Lipinski definition) is 4. The van der Waals surface area contributed by atoms with Crippen LogP contribution in [0.2, 0.25) is 5.02 Å². The molecule has 0 aliphatic rings. The van der Waals surface area contributed by atoms with Gasteiger partial charge in [-0.15, -0.1) is 11.8 Å². The second-order valence-electron chi connectivity index (χ2n) is 5.02. The van der Waals surface area contributed by atoms with Crippen molar-refractivity contribution in [3.05, 3.63) is 53.1 Å². The van der Waals surface area contributed by atoms with Crippen molar-refractivity contribution < 1.29 is 14.3 Å². The largest absolute Gasteiger partial charge is 0.491 e. The highest BCUT2D eigenvalue weighted by atomic mass is 35.5. The number of nitrogens with one attached hydrogen (secondary N) is 1. The summed E-state index contributed by atoms with van der Waals surface area (Å²) in [5, 5.41) is 3.25. The lowest BCUT2D eigenvalue weighted by atomic mass is 10.2. The molecule has 4 nitrogen and oxygen atoms in total. The molecule has 0 saturated heterocycles. The van der Waals surface area contributed by atoms with Crippen molar-refractivity contribution in [2.24, 2.45) is 0 Å². The van der Waals surface area contributed by atoms with Crippen molar-refractivity contribution in [2.45, 2.75) is 11.8 Å². The highest BCUT2D eigenvalue weighted by molar-refractivity contribution is 7.98. The first-order valence-electron chi connectivity index (χ1n) is 7.70. The van der Waals surface area contributed by atoms with E-state index in [1.165, 1.54) is 13.2 Å². The molecule has 2 aromatic carbocycles. The normalized spacial score (nSPS) is 10.7. The number of carbonyl (C=O) groups excluding carboxylic acids is 1. The summed E-state index contributed by atoms with van der Waals surface area (Å²) >= 11 is 7.85. The number of rotatable bonds is 7. The van der Waals surface area contributed by atoms with Crippen LogP contribution >= 0.6 is 23.4 Å². The number of carbonyl (C=O) groups is 1. The summed E-state index contributed by atoms with van der Waals surface area (Å²) < 4.78 is 10.8. The molecule has 0 aromatic heterocycles. The molecule has 0 bridgehead atoms. The second kappa shape index (κ2) is 9.39. The van der Waals surface area contributed by atoms with Crippen LogP contribution in [0.4, 0.5) is 5.69 Å². The third-order valence-corrected chi connectivity index (χ3v) is 4.34. The molecule has 0 aliphatic heterocycles. The Morgan fingerprint density at radius 2 is 2.00 bits per heavy atom. The van der Waals surface area contributed by atoms with Gasteiger partial charge in [0.15, 0.2) is 11.5 Å². The van der Waals surface area contributed by atoms with Gasteiger partial charge in [0.2, 0.25) is 5.91 Å². The van der Waals surface area contributed by atoms with Crippen LogP contribution < -0.4 is 14.8 Å². The smallest absolute Gasteiger partial charge is 0.248 e. The Hall–Kier alpha value is -2.11. The molecule has 0 fully saturated rings. The molecular formula is C19H20ClNO3S. The molecule has 132 valence electrons. The molecule has 0 spiro atoms. The maximum atomic E-state index is 12.1. The number of thioether (sulfide) groups is 1. The van der Waals surface area contributed by atoms with Gasteiger partial charge in [-0.1, -0.05) is 11.6 Å². The lowest BCUT2D eigenvalue weighted by Crippen LogP contribution is -2.07. The Morgan fingerprint density at radius 3 is 2.60 bits per heavy atom. The summed E-state index contributed by atoms with van der Waals surface area (Å²) in [5.41, 5.74) is 1.50. The van der Waals surface area contributed by atoms with E-state index >= 15 is 0 Å². The van der Waals surface area contributed by atoms with Gasteiger partial charge in [-0.25, -0.2) is 0 Å². The zero-order valence-electron chi connectivity index (χ0n) is 14.3. The van der Waals surface area contributed by atoms with Crippen LogP contribution in [0.1, 0.15) is 12.5 Å². The van der Waals surface area contributed by atoms with Crippen molar-refractivity contribution >= 4 is 41.0 Å². The minimum Gasteiger partial charge on any atom is -0.491 e. The topological polar surface area (TPSA) is 47.6 Å². The van der Waals surface area contributed by atoms with Crippen LogP contribution in [0.5, 0.6) is 11.5 Å². The predicted octanol–water partition coefficient (Wildman–Crippen LogP) is 5.12. The van der Waals surface area contributed by atoms with Gasteiger partial charge in [-0.05, 0) is 61.2 Å². The molecule has 1 N–H and O–H groups in total. The summed E-state index contributed by atoms with van der Waals surface area (Å²) in [6, 6.07) is 11.2. The van der Waals surface area contributed by atoms with E-state index in [1.54, 1.807) is 30.0 Å². The molecule has 6 heteroatoms. The average molecular weight is 378 g/mol. The monoisotopic (exact) mass is 377 g/mol. The van der Waals surface area contributed by atoms with E-state index in [1.807, 2.05) is 37.4 Å². The van der Waals surface area contributed by atoms with E-state index in [0.717, 1.165) is 16.1 Å². The lowest BCUT2D eigenvalue weighted by Gasteiger charge is -2.11. The summed E-state index contributed by atoms with van der Waals surface area (Å²) in [7, 11) is 1.54. The van der Waals surface area contributed by atoms with Gasteiger partial charge in [0, 0.05) is 16.7 Å². The van der Waals surface area contributed by atoms with E-state index in [0.29, 0.717) is 23.1 Å². The van der Waals surface area contributed by atoms with Crippen molar-refractivity contribution in [3.8, 4) is 11.5 Å². The van der Waals surface area contributed by atoms with Crippen molar-refractivity contribution in [1.82, 2.24) is 0 Å². The van der Waals surface area contributed by atoms with Crippen molar-refractivity contribution in [1.29, 1.82) is 0 Å². The molecule has 0 radical (unpaired) electrons. The van der Waals surface area contributed by atoms with Crippen LogP contribution in [-0.2, 0) is 4.79 Å². The lowest BCUT2D eigenvalue weighted by molar-refractivity contribution is -0.111. The van der Waals surface area contributed by atoms with Crippen LogP contribution in [0.15, 0.2) is 47.4 Å². The van der Waals surface area contributed by atoms with Gasteiger partial charge in [0.25, 0.3) is 0 Å². The maximum Gasteiger partial charge on any atom is 0.248 e. The minimum absolute atomic E-state index is 0.221. The van der Waals surface area contributed by atoms with Gasteiger partial charge in [-0.3, -0.25) is 4.79 Å². The Labute approximate surface area is 157 Å². The Balaban J connectivity index is 2.10. The van der Waals surface area contributed by atoms with E-state index in [4.69, 9.17) is 21.1 Å². The number of benzene rings is 2. The number of amides is 1. The highest BCUT2D eigenvalue weighted by Gasteiger charge is 2.10. The summed E-state index contributed by atoms with van der Waals surface area (Å²) in [6.07, 6.45) is 5.14. The van der Waals surface area contributed by atoms with Crippen molar-refractivity contribution in [3.63, 3.8) is 0 Å². The molecule has 0 heterocycles. The Bertz CT molecular complexity index is 760.